The number of esters is 2. The SMILES string of the molecule is Cc1ccc(CC(=O)OCCCCC(COC(=O)Nc2ccc(C)c(N=O)c2)OC(=O)Cc2ccc(C)c(N=O)c2)cc1N=O. The van der Waals surface area contributed by atoms with E-state index in [9.17, 15) is 29.1 Å². The molecule has 0 saturated carbocycles. The lowest BCUT2D eigenvalue weighted by Crippen LogP contribution is -2.27. The lowest BCUT2D eigenvalue weighted by Gasteiger charge is -2.18. The van der Waals surface area contributed by atoms with Crippen LogP contribution in [-0.2, 0) is 36.6 Å². The minimum absolute atomic E-state index is 0.0161. The van der Waals surface area contributed by atoms with Crippen LogP contribution in [0.5, 0.6) is 0 Å². The molecule has 3 aromatic rings. The summed E-state index contributed by atoms with van der Waals surface area (Å²) in [5.74, 6) is -1.07. The van der Waals surface area contributed by atoms with Crippen molar-refractivity contribution in [2.75, 3.05) is 18.5 Å². The summed E-state index contributed by atoms with van der Waals surface area (Å²) in [7, 11) is 0. The highest BCUT2D eigenvalue weighted by molar-refractivity contribution is 5.85. The van der Waals surface area contributed by atoms with Gasteiger partial charge in [-0.1, -0.05) is 30.3 Å². The molecule has 0 aliphatic rings. The molecule has 0 bridgehead atoms. The zero-order chi connectivity index (χ0) is 32.8. The Morgan fingerprint density at radius 3 is 1.80 bits per heavy atom. The predicted molar refractivity (Wildman–Crippen MR) is 167 cm³/mol. The van der Waals surface area contributed by atoms with Gasteiger partial charge in [-0.3, -0.25) is 14.9 Å². The molecule has 0 radical (unpaired) electrons. The standard InChI is InChI=1S/C32H34N4O9/c1-20-7-10-23(14-27(20)34-40)16-30(37)43-13-5-4-6-26(45-31(38)17-24-11-8-21(2)28(15-24)35-41)19-44-32(39)33-25-12-9-22(3)29(18-25)36-42/h7-12,14-15,18,26H,4-6,13,16-17,19H2,1-3H3,(H,33,39). The van der Waals surface area contributed by atoms with Crippen molar-refractivity contribution in [1.82, 2.24) is 0 Å². The maximum atomic E-state index is 12.7. The molecule has 1 amide bonds. The van der Waals surface area contributed by atoms with E-state index in [4.69, 9.17) is 14.2 Å². The summed E-state index contributed by atoms with van der Waals surface area (Å²) in [4.78, 5) is 70.3. The van der Waals surface area contributed by atoms with E-state index in [2.05, 4.69) is 20.8 Å². The van der Waals surface area contributed by atoms with Gasteiger partial charge in [-0.05, 0) is 108 Å². The van der Waals surface area contributed by atoms with Gasteiger partial charge in [0.05, 0.1) is 19.4 Å². The Hall–Kier alpha value is -5.33. The predicted octanol–water partition coefficient (Wildman–Crippen LogP) is 7.46. The third-order valence-electron chi connectivity index (χ3n) is 6.88. The number of carbonyl (C=O) groups is 3. The minimum atomic E-state index is -0.824. The van der Waals surface area contributed by atoms with Crippen molar-refractivity contribution in [2.45, 2.75) is 59.0 Å². The molecule has 0 saturated heterocycles. The first kappa shape index (κ1) is 34.2. The molecule has 3 aromatic carbocycles. The molecule has 0 aliphatic carbocycles. The third-order valence-corrected chi connectivity index (χ3v) is 6.88. The Labute approximate surface area is 259 Å². The Morgan fingerprint density at radius 2 is 1.22 bits per heavy atom. The minimum Gasteiger partial charge on any atom is -0.465 e. The van der Waals surface area contributed by atoms with Crippen LogP contribution < -0.4 is 5.32 Å². The Kier molecular flexibility index (Phi) is 13.0. The highest BCUT2D eigenvalue weighted by atomic mass is 16.6. The van der Waals surface area contributed by atoms with Crippen LogP contribution in [0.1, 0.15) is 47.1 Å². The Balaban J connectivity index is 1.53. The third kappa shape index (κ3) is 11.0. The van der Waals surface area contributed by atoms with Crippen molar-refractivity contribution < 1.29 is 28.6 Å². The molecule has 0 spiro atoms. The summed E-state index contributed by atoms with van der Waals surface area (Å²) in [6.45, 7) is 5.02. The number of nitroso groups, excluding NO2 is 3. The molecule has 0 aliphatic heterocycles. The molecule has 45 heavy (non-hydrogen) atoms. The molecule has 0 aromatic heterocycles. The summed E-state index contributed by atoms with van der Waals surface area (Å²) in [6, 6.07) is 14.5. The van der Waals surface area contributed by atoms with E-state index < -0.39 is 24.1 Å². The summed E-state index contributed by atoms with van der Waals surface area (Å²) in [6.07, 6.45) is -0.586. The molecule has 1 unspecified atom stereocenters. The van der Waals surface area contributed by atoms with Crippen molar-refractivity contribution in [3.05, 3.63) is 97.1 Å². The first-order valence-corrected chi connectivity index (χ1v) is 14.2. The highest BCUT2D eigenvalue weighted by Gasteiger charge is 2.19. The van der Waals surface area contributed by atoms with E-state index in [1.54, 1.807) is 63.2 Å². The molecular weight excluding hydrogens is 584 g/mol. The fraction of sp³-hybridized carbons (Fsp3) is 0.344. The summed E-state index contributed by atoms with van der Waals surface area (Å²) < 4.78 is 16.2. The Bertz CT molecular complexity index is 1560. The molecular formula is C32H34N4O9. The van der Waals surface area contributed by atoms with E-state index in [1.807, 2.05) is 0 Å². The van der Waals surface area contributed by atoms with Crippen LogP contribution in [0, 0.1) is 35.5 Å². The van der Waals surface area contributed by atoms with Gasteiger partial charge in [0.1, 0.15) is 29.8 Å². The van der Waals surface area contributed by atoms with Gasteiger partial charge in [-0.25, -0.2) is 4.79 Å². The Morgan fingerprint density at radius 1 is 0.689 bits per heavy atom. The highest BCUT2D eigenvalue weighted by Crippen LogP contribution is 2.24. The normalized spacial score (nSPS) is 11.2. The van der Waals surface area contributed by atoms with Crippen LogP contribution in [0.4, 0.5) is 27.5 Å². The zero-order valence-corrected chi connectivity index (χ0v) is 25.2. The summed E-state index contributed by atoms with van der Waals surface area (Å²) in [5.41, 5.74) is 4.13. The molecule has 1 N–H and O–H groups in total. The lowest BCUT2D eigenvalue weighted by molar-refractivity contribution is -0.150. The molecule has 0 fully saturated rings. The molecule has 236 valence electrons. The number of anilines is 1. The number of amides is 1. The van der Waals surface area contributed by atoms with Gasteiger partial charge >= 0.3 is 18.0 Å². The zero-order valence-electron chi connectivity index (χ0n) is 25.2. The molecule has 1 atom stereocenters. The van der Waals surface area contributed by atoms with Gasteiger partial charge < -0.3 is 14.2 Å². The second-order valence-corrected chi connectivity index (χ2v) is 10.4. The maximum absolute atomic E-state index is 12.7. The van der Waals surface area contributed by atoms with E-state index in [1.165, 1.54) is 12.1 Å². The number of nitrogens with zero attached hydrogens (tertiary/aromatic N) is 3. The maximum Gasteiger partial charge on any atom is 0.411 e. The van der Waals surface area contributed by atoms with Crippen molar-refractivity contribution in [1.29, 1.82) is 0 Å². The number of nitrogens with one attached hydrogen (secondary N) is 1. The average Bonchev–Trinajstić information content (AvgIpc) is 3.02. The van der Waals surface area contributed by atoms with E-state index in [-0.39, 0.29) is 43.1 Å². The molecule has 13 nitrogen and oxygen atoms in total. The van der Waals surface area contributed by atoms with E-state index in [0.717, 1.165) is 0 Å². The van der Waals surface area contributed by atoms with Crippen LogP contribution in [0.25, 0.3) is 0 Å². The van der Waals surface area contributed by atoms with Crippen molar-refractivity contribution in [3.63, 3.8) is 0 Å². The van der Waals surface area contributed by atoms with Crippen molar-refractivity contribution in [2.24, 2.45) is 15.5 Å². The molecule has 13 heteroatoms. The first-order chi connectivity index (χ1) is 21.6. The van der Waals surface area contributed by atoms with Gasteiger partial charge in [-0.2, -0.15) is 0 Å². The average molecular weight is 619 g/mol. The van der Waals surface area contributed by atoms with Crippen LogP contribution in [0.3, 0.4) is 0 Å². The van der Waals surface area contributed by atoms with E-state index >= 15 is 0 Å². The number of aryl methyl sites for hydroxylation is 3. The summed E-state index contributed by atoms with van der Waals surface area (Å²) >= 11 is 0. The second kappa shape index (κ2) is 17.1. The van der Waals surface area contributed by atoms with Crippen LogP contribution in [-0.4, -0.2) is 37.3 Å². The number of rotatable bonds is 16. The summed E-state index contributed by atoms with van der Waals surface area (Å²) in [5, 5.41) is 11.3. The van der Waals surface area contributed by atoms with Crippen molar-refractivity contribution >= 4 is 40.8 Å². The number of ether oxygens (including phenoxy) is 3. The monoisotopic (exact) mass is 618 g/mol. The quantitative estimate of drug-likeness (QED) is 0.0737. The number of benzene rings is 3. The largest absolute Gasteiger partial charge is 0.465 e. The number of hydrogen-bond acceptors (Lipinski definition) is 12. The van der Waals surface area contributed by atoms with Crippen LogP contribution >= 0.6 is 0 Å². The van der Waals surface area contributed by atoms with Crippen LogP contribution in [0.2, 0.25) is 0 Å². The number of unbranched alkanes of at least 4 members (excludes halogenated alkanes) is 1. The van der Waals surface area contributed by atoms with Gasteiger partial charge in [0.25, 0.3) is 0 Å². The lowest BCUT2D eigenvalue weighted by atomic mass is 10.1. The molecule has 0 heterocycles. The van der Waals surface area contributed by atoms with Gasteiger partial charge in [0.15, 0.2) is 0 Å². The molecule has 3 rings (SSSR count). The number of hydrogen-bond donors (Lipinski definition) is 1. The number of carbonyl (C=O) groups excluding carboxylic acids is 3. The van der Waals surface area contributed by atoms with E-state index in [0.29, 0.717) is 52.8 Å². The van der Waals surface area contributed by atoms with Gasteiger partial charge in [0.2, 0.25) is 0 Å². The topological polar surface area (TPSA) is 179 Å². The first-order valence-electron chi connectivity index (χ1n) is 14.2. The van der Waals surface area contributed by atoms with Gasteiger partial charge in [-0.15, -0.1) is 14.7 Å². The second-order valence-electron chi connectivity index (χ2n) is 10.4. The van der Waals surface area contributed by atoms with Crippen molar-refractivity contribution in [3.8, 4) is 0 Å². The fourth-order valence-corrected chi connectivity index (χ4v) is 4.28. The smallest absolute Gasteiger partial charge is 0.411 e. The van der Waals surface area contributed by atoms with Gasteiger partial charge in [0, 0.05) is 5.69 Å². The fourth-order valence-electron chi connectivity index (χ4n) is 4.28. The van der Waals surface area contributed by atoms with Crippen LogP contribution in [0.15, 0.2) is 70.1 Å².